The van der Waals surface area contributed by atoms with Gasteiger partial charge in [-0.05, 0) is 59.9 Å². The predicted molar refractivity (Wildman–Crippen MR) is 112 cm³/mol. The fraction of sp³-hybridized carbons (Fsp3) is 0.500. The van der Waals surface area contributed by atoms with Crippen molar-refractivity contribution in [1.82, 2.24) is 10.2 Å². The van der Waals surface area contributed by atoms with Gasteiger partial charge >= 0.3 is 0 Å². The highest BCUT2D eigenvalue weighted by Crippen LogP contribution is 2.52. The Labute approximate surface area is 167 Å². The molecule has 0 aromatic heterocycles. The van der Waals surface area contributed by atoms with Crippen molar-refractivity contribution in [2.45, 2.75) is 59.0 Å². The molecular weight excluding hydrogens is 348 g/mol. The van der Waals surface area contributed by atoms with Gasteiger partial charge in [0.25, 0.3) is 5.91 Å². The highest BCUT2D eigenvalue weighted by molar-refractivity contribution is 6.00. The Kier molecular flexibility index (Phi) is 4.48. The van der Waals surface area contributed by atoms with Gasteiger partial charge in [-0.2, -0.15) is 0 Å². The van der Waals surface area contributed by atoms with E-state index >= 15 is 0 Å². The summed E-state index contributed by atoms with van der Waals surface area (Å²) < 4.78 is 0. The summed E-state index contributed by atoms with van der Waals surface area (Å²) in [6.45, 7) is 9.51. The molecule has 1 heterocycles. The van der Waals surface area contributed by atoms with E-state index in [1.165, 1.54) is 0 Å². The maximum atomic E-state index is 13.1. The number of carbonyl (C=O) groups is 2. The summed E-state index contributed by atoms with van der Waals surface area (Å²) in [5, 5.41) is 5.05. The first-order valence-electron chi connectivity index (χ1n) is 10.3. The van der Waals surface area contributed by atoms with E-state index in [4.69, 9.17) is 0 Å². The van der Waals surface area contributed by atoms with Crippen LogP contribution in [0.4, 0.5) is 0 Å². The number of nitrogens with one attached hydrogen (secondary N) is 1. The van der Waals surface area contributed by atoms with E-state index in [9.17, 15) is 9.59 Å². The number of benzene rings is 2. The van der Waals surface area contributed by atoms with Gasteiger partial charge in [0.1, 0.15) is 6.04 Å². The standard InChI is InChI=1S/C24H30N2O2/c1-16(22(28)26-15-24(4)13-20(26)12-23(2,3)14-24)25-21(27)19-10-9-17-7-5-6-8-18(17)11-19/h5-11,16,20H,12-15H2,1-4H3,(H,25,27)/t16-,20+,24+/m1/s1. The van der Waals surface area contributed by atoms with Crippen LogP contribution in [-0.4, -0.2) is 35.3 Å². The van der Waals surface area contributed by atoms with Gasteiger partial charge in [0.05, 0.1) is 0 Å². The van der Waals surface area contributed by atoms with Crippen molar-refractivity contribution >= 4 is 22.6 Å². The van der Waals surface area contributed by atoms with Crippen molar-refractivity contribution < 1.29 is 9.59 Å². The SMILES string of the molecule is C[C@@H](NC(=O)c1ccc2ccccc2c1)C(=O)N1C[C@@]2(C)C[C@@H]1CC(C)(C)C2. The lowest BCUT2D eigenvalue weighted by Gasteiger charge is -2.39. The van der Waals surface area contributed by atoms with E-state index < -0.39 is 6.04 Å². The largest absolute Gasteiger partial charge is 0.341 e. The minimum atomic E-state index is -0.523. The summed E-state index contributed by atoms with van der Waals surface area (Å²) in [6, 6.07) is 13.4. The highest BCUT2D eigenvalue weighted by Gasteiger charge is 2.51. The molecule has 4 rings (SSSR count). The first-order chi connectivity index (χ1) is 13.2. The summed E-state index contributed by atoms with van der Waals surface area (Å²) in [4.78, 5) is 27.9. The van der Waals surface area contributed by atoms with Gasteiger partial charge in [0.15, 0.2) is 0 Å². The number of rotatable bonds is 3. The molecule has 3 atom stereocenters. The molecule has 2 aromatic carbocycles. The van der Waals surface area contributed by atoms with Crippen molar-refractivity contribution in [1.29, 1.82) is 0 Å². The number of fused-ring (bicyclic) bond motifs is 3. The second-order valence-corrected chi connectivity index (χ2v) is 9.94. The first-order valence-corrected chi connectivity index (χ1v) is 10.3. The molecule has 2 bridgehead atoms. The Balaban J connectivity index is 1.46. The van der Waals surface area contributed by atoms with E-state index in [0.717, 1.165) is 36.6 Å². The Bertz CT molecular complexity index is 935. The third-order valence-electron chi connectivity index (χ3n) is 6.43. The van der Waals surface area contributed by atoms with Crippen molar-refractivity contribution in [2.75, 3.05) is 6.54 Å². The molecule has 2 amide bonds. The van der Waals surface area contributed by atoms with Crippen LogP contribution in [0.5, 0.6) is 0 Å². The van der Waals surface area contributed by atoms with Crippen LogP contribution in [0.2, 0.25) is 0 Å². The lowest BCUT2D eigenvalue weighted by Crippen LogP contribution is -2.49. The number of hydrogen-bond acceptors (Lipinski definition) is 2. The maximum absolute atomic E-state index is 13.1. The molecule has 1 aliphatic heterocycles. The summed E-state index contributed by atoms with van der Waals surface area (Å²) in [5.41, 5.74) is 1.06. The molecule has 2 fully saturated rings. The van der Waals surface area contributed by atoms with Crippen LogP contribution in [0.1, 0.15) is 57.3 Å². The topological polar surface area (TPSA) is 49.4 Å². The molecule has 2 aliphatic rings. The van der Waals surface area contributed by atoms with Gasteiger partial charge in [-0.25, -0.2) is 0 Å². The van der Waals surface area contributed by atoms with Crippen LogP contribution in [0, 0.1) is 10.8 Å². The van der Waals surface area contributed by atoms with Crippen LogP contribution in [-0.2, 0) is 4.79 Å². The number of hydrogen-bond donors (Lipinski definition) is 1. The zero-order valence-electron chi connectivity index (χ0n) is 17.3. The smallest absolute Gasteiger partial charge is 0.251 e. The third-order valence-corrected chi connectivity index (χ3v) is 6.43. The van der Waals surface area contributed by atoms with E-state index in [0.29, 0.717) is 11.6 Å². The Morgan fingerprint density at radius 3 is 2.54 bits per heavy atom. The first kappa shape index (κ1) is 19.0. The minimum absolute atomic E-state index is 0.0422. The number of carbonyl (C=O) groups excluding carboxylic acids is 2. The number of nitrogens with zero attached hydrogens (tertiary/aromatic N) is 1. The van der Waals surface area contributed by atoms with E-state index in [1.54, 1.807) is 6.92 Å². The van der Waals surface area contributed by atoms with Gasteiger partial charge in [0.2, 0.25) is 5.91 Å². The van der Waals surface area contributed by atoms with Crippen molar-refractivity contribution in [3.63, 3.8) is 0 Å². The normalized spacial score (nSPS) is 26.9. The molecular formula is C24H30N2O2. The lowest BCUT2D eigenvalue weighted by molar-refractivity contribution is -0.134. The number of likely N-dealkylation sites (tertiary alicyclic amines) is 1. The molecule has 0 radical (unpaired) electrons. The quantitative estimate of drug-likeness (QED) is 0.861. The molecule has 148 valence electrons. The zero-order valence-corrected chi connectivity index (χ0v) is 17.3. The second-order valence-electron chi connectivity index (χ2n) is 9.94. The molecule has 0 unspecified atom stereocenters. The molecule has 4 heteroatoms. The molecule has 1 aliphatic carbocycles. The van der Waals surface area contributed by atoms with Crippen LogP contribution >= 0.6 is 0 Å². The lowest BCUT2D eigenvalue weighted by atomic mass is 9.65. The fourth-order valence-corrected chi connectivity index (χ4v) is 5.64. The van der Waals surface area contributed by atoms with Crippen molar-refractivity contribution in [3.8, 4) is 0 Å². The van der Waals surface area contributed by atoms with Crippen LogP contribution < -0.4 is 5.32 Å². The molecule has 4 nitrogen and oxygen atoms in total. The molecule has 1 N–H and O–H groups in total. The summed E-state index contributed by atoms with van der Waals surface area (Å²) in [5.74, 6) is -0.152. The fourth-order valence-electron chi connectivity index (χ4n) is 5.64. The Morgan fingerprint density at radius 1 is 1.07 bits per heavy atom. The van der Waals surface area contributed by atoms with Crippen molar-refractivity contribution in [2.24, 2.45) is 10.8 Å². The molecule has 1 saturated heterocycles. The van der Waals surface area contributed by atoms with Gasteiger partial charge in [-0.3, -0.25) is 9.59 Å². The average molecular weight is 379 g/mol. The predicted octanol–water partition coefficient (Wildman–Crippen LogP) is 4.39. The summed E-state index contributed by atoms with van der Waals surface area (Å²) in [7, 11) is 0. The Hall–Kier alpha value is -2.36. The van der Waals surface area contributed by atoms with Gasteiger partial charge in [-0.1, -0.05) is 51.1 Å². The minimum Gasteiger partial charge on any atom is -0.341 e. The van der Waals surface area contributed by atoms with Crippen LogP contribution in [0.25, 0.3) is 10.8 Å². The van der Waals surface area contributed by atoms with Crippen molar-refractivity contribution in [3.05, 3.63) is 48.0 Å². The van der Waals surface area contributed by atoms with Gasteiger partial charge < -0.3 is 10.2 Å². The summed E-state index contributed by atoms with van der Waals surface area (Å²) in [6.07, 6.45) is 3.27. The molecule has 0 spiro atoms. The molecule has 2 aromatic rings. The monoisotopic (exact) mass is 378 g/mol. The van der Waals surface area contributed by atoms with E-state index in [-0.39, 0.29) is 22.6 Å². The summed E-state index contributed by atoms with van der Waals surface area (Å²) >= 11 is 0. The van der Waals surface area contributed by atoms with Crippen LogP contribution in [0.15, 0.2) is 42.5 Å². The van der Waals surface area contributed by atoms with Gasteiger partial charge in [0, 0.05) is 18.2 Å². The number of amides is 2. The maximum Gasteiger partial charge on any atom is 0.251 e. The molecule has 28 heavy (non-hydrogen) atoms. The van der Waals surface area contributed by atoms with E-state index in [1.807, 2.05) is 47.4 Å². The van der Waals surface area contributed by atoms with Gasteiger partial charge in [-0.15, -0.1) is 0 Å². The second kappa shape index (κ2) is 6.61. The molecule has 1 saturated carbocycles. The third kappa shape index (κ3) is 3.52. The average Bonchev–Trinajstić information content (AvgIpc) is 2.89. The van der Waals surface area contributed by atoms with E-state index in [2.05, 4.69) is 26.1 Å². The Morgan fingerprint density at radius 2 is 1.79 bits per heavy atom. The van der Waals surface area contributed by atoms with Crippen LogP contribution in [0.3, 0.4) is 0 Å². The zero-order chi connectivity index (χ0) is 20.1. The highest BCUT2D eigenvalue weighted by atomic mass is 16.2.